The predicted octanol–water partition coefficient (Wildman–Crippen LogP) is 5.01. The number of halogens is 1. The van der Waals surface area contributed by atoms with Crippen molar-refractivity contribution in [1.29, 1.82) is 0 Å². The molecule has 0 aliphatic rings. The normalized spacial score (nSPS) is 11.0. The van der Waals surface area contributed by atoms with E-state index in [2.05, 4.69) is 53.0 Å². The van der Waals surface area contributed by atoms with Crippen LogP contribution in [-0.4, -0.2) is 12.1 Å². The van der Waals surface area contributed by atoms with Crippen LogP contribution in [0.4, 0.5) is 0 Å². The molecule has 4 heteroatoms. The van der Waals surface area contributed by atoms with E-state index in [4.69, 9.17) is 4.74 Å². The minimum Gasteiger partial charge on any atom is -0.496 e. The molecule has 0 aliphatic carbocycles. The van der Waals surface area contributed by atoms with Crippen molar-refractivity contribution >= 4 is 27.3 Å². The van der Waals surface area contributed by atoms with Crippen LogP contribution in [0.25, 0.3) is 10.6 Å². The van der Waals surface area contributed by atoms with E-state index in [0.717, 1.165) is 25.8 Å². The fraction of sp³-hybridized carbons (Fsp3) is 0.357. The second kappa shape index (κ2) is 5.41. The number of nitrogens with zero attached hydrogens (tertiary/aromatic N) is 1. The Labute approximate surface area is 120 Å². The van der Waals surface area contributed by atoms with Crippen LogP contribution in [0.15, 0.2) is 22.0 Å². The number of methoxy groups -OCH3 is 1. The van der Waals surface area contributed by atoms with Gasteiger partial charge in [-0.05, 0) is 46.5 Å². The molecule has 0 saturated heterocycles. The molecule has 18 heavy (non-hydrogen) atoms. The van der Waals surface area contributed by atoms with E-state index < -0.39 is 0 Å². The fourth-order valence-corrected chi connectivity index (χ4v) is 3.11. The summed E-state index contributed by atoms with van der Waals surface area (Å²) in [5, 5.41) is 0.992. The Morgan fingerprint density at radius 2 is 2.06 bits per heavy atom. The molecule has 1 heterocycles. The molecule has 0 aliphatic heterocycles. The average molecular weight is 326 g/mol. The lowest BCUT2D eigenvalue weighted by molar-refractivity contribution is 0.415. The molecule has 0 bridgehead atoms. The summed E-state index contributed by atoms with van der Waals surface area (Å²) >= 11 is 5.15. The van der Waals surface area contributed by atoms with Crippen LogP contribution in [-0.2, 0) is 0 Å². The van der Waals surface area contributed by atoms with Crippen molar-refractivity contribution in [1.82, 2.24) is 4.98 Å². The van der Waals surface area contributed by atoms with Gasteiger partial charge in [0.25, 0.3) is 0 Å². The van der Waals surface area contributed by atoms with Crippen LogP contribution in [0.5, 0.6) is 5.75 Å². The number of ether oxygens (including phenoxy) is 1. The topological polar surface area (TPSA) is 22.1 Å². The molecule has 0 saturated carbocycles. The molecule has 2 nitrogen and oxygen atoms in total. The number of rotatable bonds is 3. The molecule has 1 aromatic heterocycles. The Morgan fingerprint density at radius 1 is 1.33 bits per heavy atom. The Balaban J connectivity index is 2.50. The Morgan fingerprint density at radius 3 is 2.56 bits per heavy atom. The lowest BCUT2D eigenvalue weighted by Crippen LogP contribution is -1.92. The highest BCUT2D eigenvalue weighted by Gasteiger charge is 2.13. The van der Waals surface area contributed by atoms with Crippen molar-refractivity contribution < 1.29 is 4.74 Å². The molecule has 0 radical (unpaired) electrons. The number of aromatic nitrogens is 1. The van der Waals surface area contributed by atoms with Gasteiger partial charge in [-0.1, -0.05) is 19.9 Å². The van der Waals surface area contributed by atoms with Crippen molar-refractivity contribution in [3.63, 3.8) is 0 Å². The zero-order valence-corrected chi connectivity index (χ0v) is 13.4. The Bertz CT molecular complexity index is 543. The van der Waals surface area contributed by atoms with Crippen molar-refractivity contribution in [2.45, 2.75) is 26.7 Å². The summed E-state index contributed by atoms with van der Waals surface area (Å²) in [6.45, 7) is 6.36. The third-order valence-corrected chi connectivity index (χ3v) is 4.90. The first kappa shape index (κ1) is 13.6. The fourth-order valence-electron chi connectivity index (χ4n) is 1.74. The quantitative estimate of drug-likeness (QED) is 0.791. The Hall–Kier alpha value is -0.870. The first-order chi connectivity index (χ1) is 8.52. The molecule has 2 aromatic rings. The Kier molecular flexibility index (Phi) is 4.07. The first-order valence-electron chi connectivity index (χ1n) is 5.84. The maximum absolute atomic E-state index is 5.49. The van der Waals surface area contributed by atoms with Crippen molar-refractivity contribution in [3.05, 3.63) is 33.2 Å². The third kappa shape index (κ3) is 2.59. The number of aryl methyl sites for hydroxylation is 1. The number of hydrogen-bond donors (Lipinski definition) is 0. The second-order valence-electron chi connectivity index (χ2n) is 4.49. The maximum atomic E-state index is 5.49. The molecule has 0 N–H and O–H groups in total. The van der Waals surface area contributed by atoms with Crippen LogP contribution >= 0.6 is 27.3 Å². The van der Waals surface area contributed by atoms with Gasteiger partial charge in [0, 0.05) is 0 Å². The minimum atomic E-state index is 0.498. The SMILES string of the molecule is COc1cc(C(C)C)ccc1-c1nc(C)c(Br)s1. The second-order valence-corrected chi connectivity index (χ2v) is 6.81. The molecular weight excluding hydrogens is 310 g/mol. The van der Waals surface area contributed by atoms with Gasteiger partial charge in [0.2, 0.25) is 0 Å². The van der Waals surface area contributed by atoms with Gasteiger partial charge in [-0.15, -0.1) is 11.3 Å². The molecular formula is C14H16BrNOS. The molecule has 0 fully saturated rings. The number of hydrogen-bond acceptors (Lipinski definition) is 3. The molecule has 0 unspecified atom stereocenters. The van der Waals surface area contributed by atoms with Crippen molar-refractivity contribution in [2.24, 2.45) is 0 Å². The monoisotopic (exact) mass is 325 g/mol. The summed E-state index contributed by atoms with van der Waals surface area (Å²) in [4.78, 5) is 4.56. The van der Waals surface area contributed by atoms with E-state index in [0.29, 0.717) is 5.92 Å². The molecule has 2 rings (SSSR count). The summed E-state index contributed by atoms with van der Waals surface area (Å²) in [5.41, 5.74) is 3.36. The molecule has 0 amide bonds. The van der Waals surface area contributed by atoms with Gasteiger partial charge in [-0.3, -0.25) is 0 Å². The van der Waals surface area contributed by atoms with E-state index in [1.54, 1.807) is 18.4 Å². The largest absolute Gasteiger partial charge is 0.496 e. The molecule has 0 spiro atoms. The van der Waals surface area contributed by atoms with Crippen LogP contribution in [0.1, 0.15) is 31.0 Å². The van der Waals surface area contributed by atoms with Gasteiger partial charge < -0.3 is 4.74 Å². The van der Waals surface area contributed by atoms with Gasteiger partial charge in [0.1, 0.15) is 10.8 Å². The lowest BCUT2D eigenvalue weighted by atomic mass is 10.0. The highest BCUT2D eigenvalue weighted by atomic mass is 79.9. The maximum Gasteiger partial charge on any atom is 0.129 e. The van der Waals surface area contributed by atoms with Gasteiger partial charge in [0.05, 0.1) is 22.2 Å². The average Bonchev–Trinajstić information content (AvgIpc) is 2.68. The zero-order chi connectivity index (χ0) is 13.3. The van der Waals surface area contributed by atoms with E-state index in [9.17, 15) is 0 Å². The molecule has 1 aromatic carbocycles. The third-order valence-electron chi connectivity index (χ3n) is 2.86. The van der Waals surface area contributed by atoms with Crippen molar-refractivity contribution in [2.75, 3.05) is 7.11 Å². The highest BCUT2D eigenvalue weighted by Crippen LogP contribution is 2.37. The molecule has 0 atom stereocenters. The number of thiazole rings is 1. The van der Waals surface area contributed by atoms with E-state index >= 15 is 0 Å². The van der Waals surface area contributed by atoms with Crippen LogP contribution < -0.4 is 4.74 Å². The van der Waals surface area contributed by atoms with Gasteiger partial charge in [-0.25, -0.2) is 4.98 Å². The van der Waals surface area contributed by atoms with Gasteiger partial charge >= 0.3 is 0 Å². The summed E-state index contributed by atoms with van der Waals surface area (Å²) < 4.78 is 6.57. The lowest BCUT2D eigenvalue weighted by Gasteiger charge is -2.11. The summed E-state index contributed by atoms with van der Waals surface area (Å²) in [6.07, 6.45) is 0. The predicted molar refractivity (Wildman–Crippen MR) is 80.6 cm³/mol. The standard InChI is InChI=1S/C14H16BrNOS/c1-8(2)10-5-6-11(12(7-10)17-4)14-16-9(3)13(15)18-14/h5-8H,1-4H3. The highest BCUT2D eigenvalue weighted by molar-refractivity contribution is 9.11. The first-order valence-corrected chi connectivity index (χ1v) is 7.45. The van der Waals surface area contributed by atoms with Gasteiger partial charge in [0.15, 0.2) is 0 Å². The van der Waals surface area contributed by atoms with Crippen LogP contribution in [0.2, 0.25) is 0 Å². The van der Waals surface area contributed by atoms with E-state index in [-0.39, 0.29) is 0 Å². The summed E-state index contributed by atoms with van der Waals surface area (Å²) in [6, 6.07) is 6.34. The minimum absolute atomic E-state index is 0.498. The molecule has 96 valence electrons. The smallest absolute Gasteiger partial charge is 0.129 e. The summed E-state index contributed by atoms with van der Waals surface area (Å²) in [5.74, 6) is 1.39. The van der Waals surface area contributed by atoms with E-state index in [1.165, 1.54) is 5.56 Å². The van der Waals surface area contributed by atoms with E-state index in [1.807, 2.05) is 6.92 Å². The van der Waals surface area contributed by atoms with Crippen LogP contribution in [0, 0.1) is 6.92 Å². The van der Waals surface area contributed by atoms with Gasteiger partial charge in [-0.2, -0.15) is 0 Å². The van der Waals surface area contributed by atoms with Crippen molar-refractivity contribution in [3.8, 4) is 16.3 Å². The number of benzene rings is 1. The zero-order valence-electron chi connectivity index (χ0n) is 11.0. The van der Waals surface area contributed by atoms with Crippen LogP contribution in [0.3, 0.4) is 0 Å². The summed E-state index contributed by atoms with van der Waals surface area (Å²) in [7, 11) is 1.71.